The molecule has 0 radical (unpaired) electrons. The summed E-state index contributed by atoms with van der Waals surface area (Å²) >= 11 is 0. The predicted molar refractivity (Wildman–Crippen MR) is 77.2 cm³/mol. The fourth-order valence-electron chi connectivity index (χ4n) is 3.18. The van der Waals surface area contributed by atoms with Gasteiger partial charge in [-0.15, -0.1) is 0 Å². The van der Waals surface area contributed by atoms with E-state index in [0.29, 0.717) is 19.4 Å². The Hall–Kier alpha value is -2.08. The van der Waals surface area contributed by atoms with Crippen LogP contribution in [0.5, 0.6) is 0 Å². The van der Waals surface area contributed by atoms with Gasteiger partial charge in [0.15, 0.2) is 0 Å². The zero-order valence-electron chi connectivity index (χ0n) is 12.2. The van der Waals surface area contributed by atoms with Crippen LogP contribution in [0.3, 0.4) is 0 Å². The minimum atomic E-state index is -0.798. The summed E-state index contributed by atoms with van der Waals surface area (Å²) < 4.78 is 10.8. The number of ether oxygens (including phenoxy) is 2. The van der Waals surface area contributed by atoms with Gasteiger partial charge in [-0.3, -0.25) is 4.79 Å². The second kappa shape index (κ2) is 5.96. The van der Waals surface area contributed by atoms with Gasteiger partial charge in [-0.25, -0.2) is 4.79 Å². The molecule has 1 aliphatic carbocycles. The molecule has 0 aromatic heterocycles. The number of nitrogens with one attached hydrogen (secondary N) is 1. The molecule has 1 aromatic carbocycles. The molecule has 118 valence electrons. The maximum Gasteiger partial charge on any atom is 0.407 e. The molecule has 2 N–H and O–H groups in total. The number of hydrogen-bond acceptors (Lipinski definition) is 4. The van der Waals surface area contributed by atoms with E-state index in [1.807, 2.05) is 30.3 Å². The summed E-state index contributed by atoms with van der Waals surface area (Å²) in [6.45, 7) is 0.814. The number of fused-ring (bicyclic) bond motifs is 2. The molecule has 6 heteroatoms. The number of carboxylic acids is 1. The molecular formula is C16H19NO5. The number of rotatable bonds is 5. The van der Waals surface area contributed by atoms with Gasteiger partial charge in [0.25, 0.3) is 0 Å². The van der Waals surface area contributed by atoms with Gasteiger partial charge in [0.05, 0.1) is 18.1 Å². The van der Waals surface area contributed by atoms with Gasteiger partial charge in [-0.1, -0.05) is 30.3 Å². The second-order valence-corrected chi connectivity index (χ2v) is 6.02. The van der Waals surface area contributed by atoms with Gasteiger partial charge in [-0.05, 0) is 24.3 Å². The van der Waals surface area contributed by atoms with Crippen molar-refractivity contribution >= 4 is 12.1 Å². The monoisotopic (exact) mass is 305 g/mol. The molecule has 1 unspecified atom stereocenters. The van der Waals surface area contributed by atoms with E-state index >= 15 is 0 Å². The van der Waals surface area contributed by atoms with Crippen molar-refractivity contribution in [2.45, 2.75) is 25.0 Å². The number of benzene rings is 1. The molecule has 2 bridgehead atoms. The molecule has 22 heavy (non-hydrogen) atoms. The lowest BCUT2D eigenvalue weighted by molar-refractivity contribution is -0.210. The van der Waals surface area contributed by atoms with E-state index in [2.05, 4.69) is 5.32 Å². The first kappa shape index (κ1) is 14.8. The SMILES string of the molecule is O=C(NCC12CC(C1)C(C(=O)O)CO2)OCc1ccccc1. The second-order valence-electron chi connectivity index (χ2n) is 6.02. The molecule has 2 heterocycles. The van der Waals surface area contributed by atoms with E-state index in [1.165, 1.54) is 0 Å². The van der Waals surface area contributed by atoms with Crippen molar-refractivity contribution in [1.29, 1.82) is 0 Å². The average molecular weight is 305 g/mol. The van der Waals surface area contributed by atoms with Crippen LogP contribution >= 0.6 is 0 Å². The number of carboxylic acid groups (broad SMARTS) is 1. The van der Waals surface area contributed by atoms with Gasteiger partial charge in [0.1, 0.15) is 6.61 Å². The fourth-order valence-corrected chi connectivity index (χ4v) is 3.18. The average Bonchev–Trinajstić information content (AvgIpc) is 2.51. The Bertz CT molecular complexity index is 547. The van der Waals surface area contributed by atoms with Crippen molar-refractivity contribution in [2.24, 2.45) is 11.8 Å². The number of amides is 1. The van der Waals surface area contributed by atoms with Gasteiger partial charge >= 0.3 is 12.1 Å². The molecule has 4 rings (SSSR count). The Kier molecular flexibility index (Phi) is 4.02. The first-order valence-corrected chi connectivity index (χ1v) is 7.39. The normalized spacial score (nSPS) is 29.3. The lowest BCUT2D eigenvalue weighted by Gasteiger charge is -2.54. The van der Waals surface area contributed by atoms with Crippen LogP contribution in [0, 0.1) is 11.8 Å². The summed E-state index contributed by atoms with van der Waals surface area (Å²) in [5.74, 6) is -1.05. The summed E-state index contributed by atoms with van der Waals surface area (Å²) in [5, 5.41) is 11.8. The largest absolute Gasteiger partial charge is 0.481 e. The zero-order chi connectivity index (χ0) is 15.6. The minimum Gasteiger partial charge on any atom is -0.481 e. The van der Waals surface area contributed by atoms with Gasteiger partial charge < -0.3 is 19.9 Å². The highest BCUT2D eigenvalue weighted by Gasteiger charge is 2.54. The summed E-state index contributed by atoms with van der Waals surface area (Å²) in [4.78, 5) is 22.7. The van der Waals surface area contributed by atoms with E-state index in [-0.39, 0.29) is 19.1 Å². The van der Waals surface area contributed by atoms with Crippen LogP contribution in [0.4, 0.5) is 4.79 Å². The van der Waals surface area contributed by atoms with Crippen molar-refractivity contribution in [2.75, 3.05) is 13.2 Å². The van der Waals surface area contributed by atoms with Crippen LogP contribution in [0.2, 0.25) is 0 Å². The minimum absolute atomic E-state index is 0.161. The molecular weight excluding hydrogens is 286 g/mol. The number of carbonyl (C=O) groups excluding carboxylic acids is 1. The van der Waals surface area contributed by atoms with Crippen LogP contribution in [-0.2, 0) is 20.9 Å². The first-order chi connectivity index (χ1) is 10.6. The Balaban J connectivity index is 1.40. The quantitative estimate of drug-likeness (QED) is 0.866. The van der Waals surface area contributed by atoms with Crippen LogP contribution in [-0.4, -0.2) is 35.9 Å². The van der Waals surface area contributed by atoms with E-state index in [4.69, 9.17) is 14.6 Å². The zero-order valence-corrected chi connectivity index (χ0v) is 12.2. The van der Waals surface area contributed by atoms with Crippen LogP contribution in [0.15, 0.2) is 30.3 Å². The van der Waals surface area contributed by atoms with Crippen molar-refractivity contribution < 1.29 is 24.2 Å². The molecule has 1 aromatic rings. The Morgan fingerprint density at radius 3 is 2.64 bits per heavy atom. The maximum atomic E-state index is 11.7. The number of hydrogen-bond donors (Lipinski definition) is 2. The molecule has 2 aliphatic heterocycles. The number of alkyl carbamates (subject to hydrolysis) is 1. The van der Waals surface area contributed by atoms with Gasteiger partial charge in [0.2, 0.25) is 0 Å². The van der Waals surface area contributed by atoms with Crippen molar-refractivity contribution in [1.82, 2.24) is 5.32 Å². The Morgan fingerprint density at radius 2 is 2.05 bits per heavy atom. The van der Waals surface area contributed by atoms with E-state index in [0.717, 1.165) is 5.56 Å². The van der Waals surface area contributed by atoms with Crippen LogP contribution in [0.25, 0.3) is 0 Å². The predicted octanol–water partition coefficient (Wildman–Crippen LogP) is 1.79. The molecule has 0 spiro atoms. The molecule has 1 saturated carbocycles. The topological polar surface area (TPSA) is 84.9 Å². The van der Waals surface area contributed by atoms with Crippen molar-refractivity contribution in [3.05, 3.63) is 35.9 Å². The molecule has 2 saturated heterocycles. The highest BCUT2D eigenvalue weighted by atomic mass is 16.5. The Labute approximate surface area is 128 Å². The molecule has 6 nitrogen and oxygen atoms in total. The highest BCUT2D eigenvalue weighted by molar-refractivity contribution is 5.71. The van der Waals surface area contributed by atoms with Crippen molar-refractivity contribution in [3.63, 3.8) is 0 Å². The standard InChI is InChI=1S/C16H19NO5/c18-14(19)13-9-22-16(6-12(13)7-16)10-17-15(20)21-8-11-4-2-1-3-5-11/h1-5,12-13H,6-10H2,(H,17,20)(H,18,19). The summed E-state index contributed by atoms with van der Waals surface area (Å²) in [7, 11) is 0. The van der Waals surface area contributed by atoms with E-state index < -0.39 is 23.6 Å². The molecule has 3 fully saturated rings. The third-order valence-electron chi connectivity index (χ3n) is 4.49. The molecule has 1 atom stereocenters. The maximum absolute atomic E-state index is 11.7. The highest BCUT2D eigenvalue weighted by Crippen LogP contribution is 2.49. The third kappa shape index (κ3) is 3.06. The van der Waals surface area contributed by atoms with Gasteiger partial charge in [0, 0.05) is 6.54 Å². The van der Waals surface area contributed by atoms with Crippen LogP contribution < -0.4 is 5.32 Å². The van der Waals surface area contributed by atoms with Crippen LogP contribution in [0.1, 0.15) is 18.4 Å². The van der Waals surface area contributed by atoms with Gasteiger partial charge in [-0.2, -0.15) is 0 Å². The lowest BCUT2D eigenvalue weighted by atomic mass is 9.63. The third-order valence-corrected chi connectivity index (χ3v) is 4.49. The summed E-state index contributed by atoms with van der Waals surface area (Å²) in [6.07, 6.45) is 0.886. The number of aliphatic carboxylic acids is 1. The van der Waals surface area contributed by atoms with E-state index in [1.54, 1.807) is 0 Å². The molecule has 3 aliphatic rings. The summed E-state index contributed by atoms with van der Waals surface area (Å²) in [5.41, 5.74) is 0.528. The first-order valence-electron chi connectivity index (χ1n) is 7.39. The van der Waals surface area contributed by atoms with E-state index in [9.17, 15) is 9.59 Å². The lowest BCUT2D eigenvalue weighted by Crippen LogP contribution is -2.61. The fraction of sp³-hybridized carbons (Fsp3) is 0.500. The molecule has 1 amide bonds. The smallest absolute Gasteiger partial charge is 0.407 e. The summed E-state index contributed by atoms with van der Waals surface area (Å²) in [6, 6.07) is 9.45. The number of carbonyl (C=O) groups is 2. The van der Waals surface area contributed by atoms with Crippen molar-refractivity contribution in [3.8, 4) is 0 Å². The Morgan fingerprint density at radius 1 is 1.32 bits per heavy atom.